The maximum Gasteiger partial charge on any atom is 0.144 e. The highest BCUT2D eigenvalue weighted by Crippen LogP contribution is 1.64. The first kappa shape index (κ1) is 5.87. The number of hydrogen-bond acceptors (Lipinski definition) is 3. The third-order valence-electron chi connectivity index (χ3n) is 0.283. The molecule has 0 saturated heterocycles. The van der Waals surface area contributed by atoms with Gasteiger partial charge >= 0.3 is 0 Å². The van der Waals surface area contributed by atoms with Gasteiger partial charge in [-0.05, 0) is 0 Å². The van der Waals surface area contributed by atoms with Gasteiger partial charge in [-0.1, -0.05) is 0 Å². The van der Waals surface area contributed by atoms with Crippen molar-refractivity contribution in [2.24, 2.45) is 0 Å². The van der Waals surface area contributed by atoms with Crippen molar-refractivity contribution >= 4 is 24.0 Å². The zero-order valence-electron chi connectivity index (χ0n) is 2.87. The van der Waals surface area contributed by atoms with E-state index in [1.165, 1.54) is 12.5 Å². The number of rotatable bonds is 0. The summed E-state index contributed by atoms with van der Waals surface area (Å²) >= 11 is 0. The normalized spacial score (nSPS) is 6.67. The molecule has 1 aromatic rings. The number of hydrogen-bond donors (Lipinski definition) is 0. The molecule has 1 aromatic heterocycles. The Labute approximate surface area is 51.7 Å². The van der Waals surface area contributed by atoms with Crippen molar-refractivity contribution in [1.82, 2.24) is 10.4 Å². The Morgan fingerprint density at radius 2 is 2.33 bits per heavy atom. The van der Waals surface area contributed by atoms with Crippen molar-refractivity contribution < 1.29 is 4.52 Å². The minimum Gasteiger partial charge on any atom is -0.346 e. The highest BCUT2D eigenvalue weighted by Gasteiger charge is 1.61. The second-order valence-electron chi connectivity index (χ2n) is 0.588. The summed E-state index contributed by atoms with van der Waals surface area (Å²) in [5.74, 6) is 0. The van der Waals surface area contributed by atoms with Gasteiger partial charge in [-0.15, -0.1) is 29.1 Å². The Morgan fingerprint density at radius 3 is 2.50 bits per heavy atom. The molecule has 0 aromatic carbocycles. The van der Waals surface area contributed by atoms with Crippen LogP contribution in [0.3, 0.4) is 0 Å². The van der Waals surface area contributed by atoms with E-state index in [0.717, 1.165) is 0 Å². The van der Waals surface area contributed by atoms with E-state index in [1.54, 1.807) is 0 Å². The molecular formula is C2H3IN2O. The van der Waals surface area contributed by atoms with Gasteiger partial charge in [0, 0.05) is 5.27 Å². The van der Waals surface area contributed by atoms with Gasteiger partial charge in [0.05, 0.1) is 6.20 Å². The smallest absolute Gasteiger partial charge is 0.144 e. The zero-order valence-corrected chi connectivity index (χ0v) is 5.20. The zero-order chi connectivity index (χ0) is 3.54. The first-order chi connectivity index (χ1) is 2.50. The third kappa shape index (κ3) is 1.34. The van der Waals surface area contributed by atoms with Crippen LogP contribution >= 0.6 is 24.0 Å². The van der Waals surface area contributed by atoms with Gasteiger partial charge in [0.1, 0.15) is 6.26 Å². The molecule has 0 aliphatic carbocycles. The van der Waals surface area contributed by atoms with Gasteiger partial charge in [-0.3, -0.25) is 0 Å². The molecule has 34 valence electrons. The molecule has 6 heavy (non-hydrogen) atoms. The lowest BCUT2D eigenvalue weighted by atomic mass is 11.0. The quantitative estimate of drug-likeness (QED) is 0.575. The van der Waals surface area contributed by atoms with Crippen LogP contribution in [0.2, 0.25) is 0 Å². The van der Waals surface area contributed by atoms with Crippen LogP contribution < -0.4 is 0 Å². The van der Waals surface area contributed by atoms with E-state index in [9.17, 15) is 0 Å². The average molecular weight is 198 g/mol. The lowest BCUT2D eigenvalue weighted by molar-refractivity contribution is 0.393. The summed E-state index contributed by atoms with van der Waals surface area (Å²) in [6, 6.07) is 0. The van der Waals surface area contributed by atoms with E-state index in [4.69, 9.17) is 0 Å². The summed E-state index contributed by atoms with van der Waals surface area (Å²) in [6.45, 7) is 0. The number of nitrogens with zero attached hydrogens (tertiary/aromatic N) is 2. The predicted octanol–water partition coefficient (Wildman–Crippen LogP) is 0.688. The molecule has 0 radical (unpaired) electrons. The second-order valence-corrected chi connectivity index (χ2v) is 0.588. The van der Waals surface area contributed by atoms with Crippen LogP contribution in [0.4, 0.5) is 0 Å². The van der Waals surface area contributed by atoms with Crippen molar-refractivity contribution in [1.29, 1.82) is 0 Å². The Kier molecular flexibility index (Phi) is 3.01. The molecule has 0 spiro atoms. The van der Waals surface area contributed by atoms with Gasteiger partial charge in [0.25, 0.3) is 0 Å². The molecular weight excluding hydrogens is 195 g/mol. The van der Waals surface area contributed by atoms with Gasteiger partial charge in [-0.2, -0.15) is 0 Å². The molecule has 0 aliphatic heterocycles. The fraction of sp³-hybridized carbons (Fsp3) is 0. The molecule has 0 saturated carbocycles. The van der Waals surface area contributed by atoms with E-state index < -0.39 is 0 Å². The summed E-state index contributed by atoms with van der Waals surface area (Å²) < 4.78 is 4.22. The summed E-state index contributed by atoms with van der Waals surface area (Å²) in [4.78, 5) is 0. The van der Waals surface area contributed by atoms with Crippen LogP contribution in [0, 0.1) is 0 Å². The first-order valence-corrected chi connectivity index (χ1v) is 1.21. The lowest BCUT2D eigenvalue weighted by Gasteiger charge is -1.45. The number of aromatic nitrogens is 2. The summed E-state index contributed by atoms with van der Waals surface area (Å²) in [5.41, 5.74) is 0. The van der Waals surface area contributed by atoms with Crippen molar-refractivity contribution in [2.45, 2.75) is 0 Å². The van der Waals surface area contributed by atoms with E-state index >= 15 is 0 Å². The molecule has 3 nitrogen and oxygen atoms in total. The van der Waals surface area contributed by atoms with E-state index in [2.05, 4.69) is 14.9 Å². The fourth-order valence-electron chi connectivity index (χ4n) is 0.136. The Bertz CT molecular complexity index is 68.0. The van der Waals surface area contributed by atoms with Crippen molar-refractivity contribution in [2.75, 3.05) is 0 Å². The molecule has 1 rings (SSSR count). The minimum atomic E-state index is 0. The van der Waals surface area contributed by atoms with E-state index in [1.807, 2.05) is 0 Å². The molecule has 0 bridgehead atoms. The molecule has 1 heterocycles. The minimum absolute atomic E-state index is 0. The average Bonchev–Trinajstić information content (AvgIpc) is 1.76. The maximum atomic E-state index is 4.22. The van der Waals surface area contributed by atoms with Crippen LogP contribution in [0.25, 0.3) is 0 Å². The molecule has 4 heteroatoms. The molecule has 0 unspecified atom stereocenters. The topological polar surface area (TPSA) is 38.9 Å². The molecule has 0 amide bonds. The summed E-state index contributed by atoms with van der Waals surface area (Å²) in [5, 5.41) is 6.40. The van der Waals surface area contributed by atoms with Gasteiger partial charge in [0.2, 0.25) is 0 Å². The van der Waals surface area contributed by atoms with Gasteiger partial charge < -0.3 is 4.52 Å². The van der Waals surface area contributed by atoms with Crippen LogP contribution in [-0.4, -0.2) is 10.4 Å². The number of halogens is 1. The SMILES string of the molecule is I.c1conn1. The summed E-state index contributed by atoms with van der Waals surface area (Å²) in [6.07, 6.45) is 2.88. The van der Waals surface area contributed by atoms with Crippen LogP contribution in [0.15, 0.2) is 17.0 Å². The Hall–Kier alpha value is -0.130. The Balaban J connectivity index is 0.000000250. The maximum absolute atomic E-state index is 4.22. The predicted molar refractivity (Wildman–Crippen MR) is 29.7 cm³/mol. The fourth-order valence-corrected chi connectivity index (χ4v) is 0.136. The van der Waals surface area contributed by atoms with Crippen LogP contribution in [-0.2, 0) is 0 Å². The Morgan fingerprint density at radius 1 is 1.50 bits per heavy atom. The second kappa shape index (κ2) is 3.08. The lowest BCUT2D eigenvalue weighted by Crippen LogP contribution is -1.53. The highest BCUT2D eigenvalue weighted by molar-refractivity contribution is 14.0. The van der Waals surface area contributed by atoms with Gasteiger partial charge in [0.15, 0.2) is 0 Å². The molecule has 0 fully saturated rings. The first-order valence-electron chi connectivity index (χ1n) is 1.21. The van der Waals surface area contributed by atoms with E-state index in [0.29, 0.717) is 0 Å². The van der Waals surface area contributed by atoms with Crippen molar-refractivity contribution in [3.63, 3.8) is 0 Å². The molecule has 0 atom stereocenters. The van der Waals surface area contributed by atoms with Gasteiger partial charge in [-0.25, -0.2) is 0 Å². The monoisotopic (exact) mass is 198 g/mol. The molecule has 0 aliphatic rings. The summed E-state index contributed by atoms with van der Waals surface area (Å²) in [7, 11) is 0. The standard InChI is InChI=1S/C2H2N2O.HI/c1-2-5-4-3-1;/h1-2H;1H. The molecule has 0 N–H and O–H groups in total. The van der Waals surface area contributed by atoms with Crippen LogP contribution in [0.1, 0.15) is 0 Å². The van der Waals surface area contributed by atoms with Crippen LogP contribution in [0.5, 0.6) is 0 Å². The van der Waals surface area contributed by atoms with Crippen molar-refractivity contribution in [3.05, 3.63) is 12.5 Å². The van der Waals surface area contributed by atoms with E-state index in [-0.39, 0.29) is 24.0 Å². The third-order valence-corrected chi connectivity index (χ3v) is 0.283. The largest absolute Gasteiger partial charge is 0.346 e. The highest BCUT2D eigenvalue weighted by atomic mass is 127. The van der Waals surface area contributed by atoms with Crippen molar-refractivity contribution in [3.8, 4) is 0 Å².